The van der Waals surface area contributed by atoms with Gasteiger partial charge in [-0.2, -0.15) is 0 Å². The first kappa shape index (κ1) is 16.0. The molecular formula is C18H28N2OS. The Kier molecular flexibility index (Phi) is 5.19. The van der Waals surface area contributed by atoms with Gasteiger partial charge in [0.25, 0.3) is 5.91 Å². The summed E-state index contributed by atoms with van der Waals surface area (Å²) < 4.78 is 0. The molecule has 1 unspecified atom stereocenters. The number of carbonyl (C=O) groups is 1. The number of piperidine rings is 1. The number of hydrogen-bond acceptors (Lipinski definition) is 3. The maximum Gasteiger partial charge on any atom is 0.252 e. The maximum atomic E-state index is 12.6. The Balaban J connectivity index is 1.57. The molecular weight excluding hydrogens is 292 g/mol. The van der Waals surface area contributed by atoms with E-state index in [-0.39, 0.29) is 5.91 Å². The van der Waals surface area contributed by atoms with Crippen LogP contribution in [0.15, 0.2) is 5.38 Å². The Morgan fingerprint density at radius 1 is 1.36 bits per heavy atom. The molecule has 3 rings (SSSR count). The van der Waals surface area contributed by atoms with Gasteiger partial charge in [0.15, 0.2) is 0 Å². The van der Waals surface area contributed by atoms with Crippen LogP contribution < -0.4 is 5.32 Å². The third-order valence-corrected chi connectivity index (χ3v) is 6.16. The van der Waals surface area contributed by atoms with Gasteiger partial charge in [-0.05, 0) is 56.6 Å². The molecule has 3 nitrogen and oxygen atoms in total. The van der Waals surface area contributed by atoms with Crippen LogP contribution in [-0.2, 0) is 12.8 Å². The van der Waals surface area contributed by atoms with Crippen LogP contribution in [0.4, 0.5) is 0 Å². The van der Waals surface area contributed by atoms with Crippen LogP contribution in [0.1, 0.15) is 60.3 Å². The van der Waals surface area contributed by atoms with E-state index in [1.807, 2.05) is 0 Å². The zero-order valence-corrected chi connectivity index (χ0v) is 14.7. The van der Waals surface area contributed by atoms with E-state index in [0.29, 0.717) is 6.04 Å². The fourth-order valence-electron chi connectivity index (χ4n) is 3.75. The van der Waals surface area contributed by atoms with Crippen LogP contribution in [0, 0.1) is 5.92 Å². The highest BCUT2D eigenvalue weighted by molar-refractivity contribution is 7.10. The molecule has 2 aliphatic rings. The van der Waals surface area contributed by atoms with Gasteiger partial charge in [-0.25, -0.2) is 0 Å². The standard InChI is InChI=1S/C18H28N2OS/c1-3-8-20-9-6-14(7-10-20)19-18(21)16-12-22-17-11-13(2)4-5-15(16)17/h12-14H,3-11H2,1-2H3,(H,19,21). The molecule has 0 aromatic carbocycles. The largest absolute Gasteiger partial charge is 0.349 e. The Morgan fingerprint density at radius 2 is 2.14 bits per heavy atom. The third kappa shape index (κ3) is 3.54. The molecule has 1 fully saturated rings. The van der Waals surface area contributed by atoms with Gasteiger partial charge < -0.3 is 10.2 Å². The highest BCUT2D eigenvalue weighted by Crippen LogP contribution is 2.32. The minimum Gasteiger partial charge on any atom is -0.349 e. The average Bonchev–Trinajstić information content (AvgIpc) is 2.92. The van der Waals surface area contributed by atoms with Gasteiger partial charge in [0.1, 0.15) is 0 Å². The van der Waals surface area contributed by atoms with Gasteiger partial charge in [0.2, 0.25) is 0 Å². The molecule has 1 aromatic rings. The second kappa shape index (κ2) is 7.14. The molecule has 22 heavy (non-hydrogen) atoms. The fraction of sp³-hybridized carbons (Fsp3) is 0.722. The summed E-state index contributed by atoms with van der Waals surface area (Å²) in [5, 5.41) is 5.37. The number of fused-ring (bicyclic) bond motifs is 1. The summed E-state index contributed by atoms with van der Waals surface area (Å²) in [4.78, 5) is 16.6. The van der Waals surface area contributed by atoms with Crippen LogP contribution in [0.25, 0.3) is 0 Å². The van der Waals surface area contributed by atoms with Crippen molar-refractivity contribution in [3.63, 3.8) is 0 Å². The van der Waals surface area contributed by atoms with Crippen molar-refractivity contribution in [1.82, 2.24) is 10.2 Å². The van der Waals surface area contributed by atoms with Gasteiger partial charge in [-0.1, -0.05) is 13.8 Å². The van der Waals surface area contributed by atoms with Crippen LogP contribution >= 0.6 is 11.3 Å². The molecule has 0 spiro atoms. The molecule has 2 heterocycles. The van der Waals surface area contributed by atoms with Crippen molar-refractivity contribution in [3.8, 4) is 0 Å². The Hall–Kier alpha value is -0.870. The number of hydrogen-bond donors (Lipinski definition) is 1. The summed E-state index contributed by atoms with van der Waals surface area (Å²) >= 11 is 1.78. The zero-order chi connectivity index (χ0) is 15.5. The highest BCUT2D eigenvalue weighted by Gasteiger charge is 2.25. The second-order valence-electron chi connectivity index (χ2n) is 6.99. The van der Waals surface area contributed by atoms with Gasteiger partial charge in [-0.3, -0.25) is 4.79 Å². The lowest BCUT2D eigenvalue weighted by Gasteiger charge is -2.32. The van der Waals surface area contributed by atoms with E-state index < -0.39 is 0 Å². The molecule has 4 heteroatoms. The first-order chi connectivity index (χ1) is 10.7. The average molecular weight is 321 g/mol. The molecule has 122 valence electrons. The van der Waals surface area contributed by atoms with E-state index in [9.17, 15) is 4.79 Å². The van der Waals surface area contributed by atoms with Crippen LogP contribution in [0.2, 0.25) is 0 Å². The summed E-state index contributed by atoms with van der Waals surface area (Å²) in [6.45, 7) is 7.98. The summed E-state index contributed by atoms with van der Waals surface area (Å²) in [6, 6.07) is 0.360. The van der Waals surface area contributed by atoms with Gasteiger partial charge in [0, 0.05) is 29.4 Å². The van der Waals surface area contributed by atoms with Crippen molar-refractivity contribution in [2.75, 3.05) is 19.6 Å². The van der Waals surface area contributed by atoms with Gasteiger partial charge >= 0.3 is 0 Å². The monoisotopic (exact) mass is 320 g/mol. The summed E-state index contributed by atoms with van der Waals surface area (Å²) in [7, 11) is 0. The maximum absolute atomic E-state index is 12.6. The third-order valence-electron chi connectivity index (χ3n) is 5.11. The number of carbonyl (C=O) groups excluding carboxylic acids is 1. The van der Waals surface area contributed by atoms with Gasteiger partial charge in [-0.15, -0.1) is 11.3 Å². The number of amides is 1. The van der Waals surface area contributed by atoms with Crippen LogP contribution in [-0.4, -0.2) is 36.5 Å². The first-order valence-electron chi connectivity index (χ1n) is 8.79. The van der Waals surface area contributed by atoms with E-state index in [1.165, 1.54) is 29.8 Å². The number of thiophene rings is 1. The van der Waals surface area contributed by atoms with Crippen molar-refractivity contribution in [2.24, 2.45) is 5.92 Å². The Bertz CT molecular complexity index is 517. The highest BCUT2D eigenvalue weighted by atomic mass is 32.1. The van der Waals surface area contributed by atoms with E-state index >= 15 is 0 Å². The second-order valence-corrected chi connectivity index (χ2v) is 7.95. The predicted molar refractivity (Wildman–Crippen MR) is 92.7 cm³/mol. The first-order valence-corrected chi connectivity index (χ1v) is 9.67. The molecule has 0 bridgehead atoms. The van der Waals surface area contributed by atoms with E-state index in [2.05, 4.69) is 29.4 Å². The lowest BCUT2D eigenvalue weighted by atomic mass is 9.88. The van der Waals surface area contributed by atoms with Gasteiger partial charge in [0.05, 0.1) is 5.56 Å². The molecule has 0 saturated carbocycles. The normalized spacial score (nSPS) is 23.3. The predicted octanol–water partition coefficient (Wildman–Crippen LogP) is 3.48. The minimum atomic E-state index is 0.168. The molecule has 1 N–H and O–H groups in total. The molecule has 1 amide bonds. The van der Waals surface area contributed by atoms with Crippen molar-refractivity contribution in [3.05, 3.63) is 21.4 Å². The number of rotatable bonds is 4. The summed E-state index contributed by atoms with van der Waals surface area (Å²) in [6.07, 6.45) is 6.86. The van der Waals surface area contributed by atoms with Crippen molar-refractivity contribution >= 4 is 17.2 Å². The molecule has 0 radical (unpaired) electrons. The SMILES string of the molecule is CCCN1CCC(NC(=O)c2csc3c2CCC(C)C3)CC1. The molecule has 1 saturated heterocycles. The van der Waals surface area contributed by atoms with E-state index in [4.69, 9.17) is 0 Å². The fourth-order valence-corrected chi connectivity index (χ4v) is 4.99. The van der Waals surface area contributed by atoms with E-state index in [0.717, 1.165) is 50.3 Å². The van der Waals surface area contributed by atoms with Crippen molar-refractivity contribution in [1.29, 1.82) is 0 Å². The Labute approximate surface area is 138 Å². The smallest absolute Gasteiger partial charge is 0.252 e. The molecule has 1 aliphatic carbocycles. The van der Waals surface area contributed by atoms with Crippen LogP contribution in [0.3, 0.4) is 0 Å². The summed E-state index contributed by atoms with van der Waals surface area (Å²) in [5.74, 6) is 0.936. The number of nitrogens with zero attached hydrogens (tertiary/aromatic N) is 1. The summed E-state index contributed by atoms with van der Waals surface area (Å²) in [5.41, 5.74) is 2.30. The lowest BCUT2D eigenvalue weighted by Crippen LogP contribution is -2.44. The minimum absolute atomic E-state index is 0.168. The molecule has 1 aliphatic heterocycles. The number of likely N-dealkylation sites (tertiary alicyclic amines) is 1. The van der Waals surface area contributed by atoms with E-state index in [1.54, 1.807) is 11.3 Å². The molecule has 1 atom stereocenters. The topological polar surface area (TPSA) is 32.3 Å². The van der Waals surface area contributed by atoms with Crippen molar-refractivity contribution < 1.29 is 4.79 Å². The number of nitrogens with one attached hydrogen (secondary N) is 1. The zero-order valence-electron chi connectivity index (χ0n) is 13.9. The molecule has 1 aromatic heterocycles. The Morgan fingerprint density at radius 3 is 2.86 bits per heavy atom. The van der Waals surface area contributed by atoms with Crippen molar-refractivity contribution in [2.45, 2.75) is 58.4 Å². The quantitative estimate of drug-likeness (QED) is 0.921. The van der Waals surface area contributed by atoms with Crippen LogP contribution in [0.5, 0.6) is 0 Å². The lowest BCUT2D eigenvalue weighted by molar-refractivity contribution is 0.0910.